The van der Waals surface area contributed by atoms with E-state index in [9.17, 15) is 4.79 Å². The molecule has 1 heterocycles. The van der Waals surface area contributed by atoms with Gasteiger partial charge < -0.3 is 10.6 Å². The van der Waals surface area contributed by atoms with Crippen LogP contribution in [-0.2, 0) is 0 Å². The molecule has 0 radical (unpaired) electrons. The highest BCUT2D eigenvalue weighted by atomic mass is 127. The first-order valence-electron chi connectivity index (χ1n) is 5.56. The van der Waals surface area contributed by atoms with E-state index in [1.54, 1.807) is 6.07 Å². The normalized spacial score (nSPS) is 18.6. The third-order valence-electron chi connectivity index (χ3n) is 3.07. The van der Waals surface area contributed by atoms with Crippen molar-refractivity contribution in [3.63, 3.8) is 0 Å². The second-order valence-electron chi connectivity index (χ2n) is 4.27. The molecule has 18 heavy (non-hydrogen) atoms. The second-order valence-corrected chi connectivity index (χ2v) is 5.84. The van der Waals surface area contributed by atoms with E-state index in [0.717, 1.165) is 23.1 Å². The fraction of sp³-hybridized carbons (Fsp3) is 0.417. The number of carbonyl (C=O) groups is 1. The van der Waals surface area contributed by atoms with Crippen LogP contribution in [0.1, 0.15) is 16.8 Å². The van der Waals surface area contributed by atoms with Crippen molar-refractivity contribution in [3.8, 4) is 0 Å². The van der Waals surface area contributed by atoms with Crippen molar-refractivity contribution in [2.24, 2.45) is 11.7 Å². The average molecular weight is 401 g/mol. The van der Waals surface area contributed by atoms with Crippen LogP contribution in [0.5, 0.6) is 0 Å². The maximum absolute atomic E-state index is 12.2. The monoisotopic (exact) mass is 400 g/mol. The van der Waals surface area contributed by atoms with Crippen LogP contribution in [-0.4, -0.2) is 30.4 Å². The molecule has 1 fully saturated rings. The number of rotatable bonds is 2. The Bertz CT molecular complexity index is 442. The maximum atomic E-state index is 12.2. The largest absolute Gasteiger partial charge is 0.338 e. The number of likely N-dealkylation sites (tertiary alicyclic amines) is 1. The van der Waals surface area contributed by atoms with Crippen molar-refractivity contribution in [1.29, 1.82) is 0 Å². The van der Waals surface area contributed by atoms with Crippen molar-refractivity contribution in [2.45, 2.75) is 6.42 Å². The van der Waals surface area contributed by atoms with Gasteiger partial charge in [0.1, 0.15) is 0 Å². The first kappa shape index (κ1) is 16.0. The SMILES string of the molecule is Cl.NCC1CCN(C(=O)c2ccc(I)c(Cl)c2)C1. The zero-order valence-corrected chi connectivity index (χ0v) is 13.5. The van der Waals surface area contributed by atoms with Crippen LogP contribution in [0, 0.1) is 9.49 Å². The third kappa shape index (κ3) is 3.50. The van der Waals surface area contributed by atoms with Gasteiger partial charge in [-0.15, -0.1) is 12.4 Å². The van der Waals surface area contributed by atoms with E-state index in [-0.39, 0.29) is 18.3 Å². The van der Waals surface area contributed by atoms with Crippen LogP contribution in [0.2, 0.25) is 5.02 Å². The number of nitrogens with zero attached hydrogens (tertiary/aromatic N) is 1. The Labute approximate surface area is 132 Å². The lowest BCUT2D eigenvalue weighted by molar-refractivity contribution is 0.0787. The van der Waals surface area contributed by atoms with Crippen molar-refractivity contribution in [2.75, 3.05) is 19.6 Å². The summed E-state index contributed by atoms with van der Waals surface area (Å²) in [5.74, 6) is 0.498. The highest BCUT2D eigenvalue weighted by molar-refractivity contribution is 14.1. The molecule has 1 aliphatic heterocycles. The summed E-state index contributed by atoms with van der Waals surface area (Å²) in [5.41, 5.74) is 6.28. The van der Waals surface area contributed by atoms with Crippen LogP contribution < -0.4 is 5.73 Å². The molecule has 1 atom stereocenters. The number of hydrogen-bond acceptors (Lipinski definition) is 2. The second kappa shape index (κ2) is 6.93. The quantitative estimate of drug-likeness (QED) is 0.776. The molecule has 0 aromatic heterocycles. The third-order valence-corrected chi connectivity index (χ3v) is 4.65. The number of carbonyl (C=O) groups excluding carboxylic acids is 1. The summed E-state index contributed by atoms with van der Waals surface area (Å²) in [6, 6.07) is 5.43. The molecule has 0 spiro atoms. The Morgan fingerprint density at radius 3 is 2.83 bits per heavy atom. The zero-order chi connectivity index (χ0) is 12.4. The van der Waals surface area contributed by atoms with Gasteiger partial charge in [0.05, 0.1) is 5.02 Å². The molecule has 1 aliphatic rings. The van der Waals surface area contributed by atoms with Gasteiger partial charge in [-0.2, -0.15) is 0 Å². The first-order valence-corrected chi connectivity index (χ1v) is 7.02. The Kier molecular flexibility index (Phi) is 6.17. The van der Waals surface area contributed by atoms with E-state index in [0.29, 0.717) is 23.0 Å². The first-order chi connectivity index (χ1) is 8.11. The molecule has 100 valence electrons. The Morgan fingerprint density at radius 1 is 1.56 bits per heavy atom. The standard InChI is InChI=1S/C12H14ClIN2O.ClH/c13-10-5-9(1-2-11(10)14)12(17)16-4-3-8(6-15)7-16;/h1-2,5,8H,3-4,6-7,15H2;1H. The van der Waals surface area contributed by atoms with Crippen molar-refractivity contribution in [3.05, 3.63) is 32.4 Å². The fourth-order valence-electron chi connectivity index (χ4n) is 2.02. The van der Waals surface area contributed by atoms with E-state index in [2.05, 4.69) is 22.6 Å². The smallest absolute Gasteiger partial charge is 0.253 e. The van der Waals surface area contributed by atoms with Crippen molar-refractivity contribution >= 4 is 52.5 Å². The van der Waals surface area contributed by atoms with Gasteiger partial charge in [0.25, 0.3) is 5.91 Å². The number of hydrogen-bond donors (Lipinski definition) is 1. The number of halogens is 3. The van der Waals surface area contributed by atoms with E-state index >= 15 is 0 Å². The lowest BCUT2D eigenvalue weighted by Crippen LogP contribution is -2.29. The molecule has 6 heteroatoms. The van der Waals surface area contributed by atoms with Crippen LogP contribution in [0.25, 0.3) is 0 Å². The van der Waals surface area contributed by atoms with Crippen LogP contribution in [0.15, 0.2) is 18.2 Å². The molecule has 1 unspecified atom stereocenters. The van der Waals surface area contributed by atoms with Gasteiger partial charge in [-0.25, -0.2) is 0 Å². The summed E-state index contributed by atoms with van der Waals surface area (Å²) >= 11 is 8.17. The molecule has 0 saturated carbocycles. The molecule has 0 bridgehead atoms. The molecule has 1 amide bonds. The summed E-state index contributed by atoms with van der Waals surface area (Å²) in [6.07, 6.45) is 1.00. The molecule has 1 aromatic carbocycles. The van der Waals surface area contributed by atoms with Crippen LogP contribution in [0.4, 0.5) is 0 Å². The molecular formula is C12H15Cl2IN2O. The molecule has 3 nitrogen and oxygen atoms in total. The summed E-state index contributed by atoms with van der Waals surface area (Å²) in [4.78, 5) is 14.1. The lowest BCUT2D eigenvalue weighted by atomic mass is 10.1. The van der Waals surface area contributed by atoms with Crippen LogP contribution in [0.3, 0.4) is 0 Å². The predicted octanol–water partition coefficient (Wildman–Crippen LogP) is 2.79. The van der Waals surface area contributed by atoms with Gasteiger partial charge in [0, 0.05) is 22.2 Å². The highest BCUT2D eigenvalue weighted by Crippen LogP contribution is 2.22. The van der Waals surface area contributed by atoms with Gasteiger partial charge in [0.2, 0.25) is 0 Å². The maximum Gasteiger partial charge on any atom is 0.253 e. The summed E-state index contributed by atoms with van der Waals surface area (Å²) in [7, 11) is 0. The van der Waals surface area contributed by atoms with E-state index in [1.165, 1.54) is 0 Å². The van der Waals surface area contributed by atoms with Gasteiger partial charge in [0.15, 0.2) is 0 Å². The van der Waals surface area contributed by atoms with E-state index in [1.807, 2.05) is 17.0 Å². The molecule has 2 N–H and O–H groups in total. The molecule has 1 aromatic rings. The summed E-state index contributed by atoms with van der Waals surface area (Å²) in [5, 5.41) is 0.631. The van der Waals surface area contributed by atoms with E-state index < -0.39 is 0 Å². The molecule has 1 saturated heterocycles. The summed E-state index contributed by atoms with van der Waals surface area (Å²) in [6.45, 7) is 2.21. The lowest BCUT2D eigenvalue weighted by Gasteiger charge is -2.16. The Hall–Kier alpha value is -0.0400. The van der Waals surface area contributed by atoms with Gasteiger partial charge in [-0.1, -0.05) is 11.6 Å². The zero-order valence-electron chi connectivity index (χ0n) is 9.73. The highest BCUT2D eigenvalue weighted by Gasteiger charge is 2.26. The Balaban J connectivity index is 0.00000162. The average Bonchev–Trinajstić information content (AvgIpc) is 2.80. The van der Waals surface area contributed by atoms with Crippen LogP contribution >= 0.6 is 46.6 Å². The number of amides is 1. The number of nitrogens with two attached hydrogens (primary N) is 1. The minimum absolute atomic E-state index is 0. The Morgan fingerprint density at radius 2 is 2.28 bits per heavy atom. The molecule has 2 rings (SSSR count). The van der Waals surface area contributed by atoms with Gasteiger partial charge >= 0.3 is 0 Å². The molecular weight excluding hydrogens is 386 g/mol. The topological polar surface area (TPSA) is 46.3 Å². The minimum atomic E-state index is 0. The van der Waals surface area contributed by atoms with E-state index in [4.69, 9.17) is 17.3 Å². The fourth-order valence-corrected chi connectivity index (χ4v) is 2.54. The predicted molar refractivity (Wildman–Crippen MR) is 84.5 cm³/mol. The van der Waals surface area contributed by atoms with Gasteiger partial charge in [-0.3, -0.25) is 4.79 Å². The molecule has 0 aliphatic carbocycles. The van der Waals surface area contributed by atoms with Gasteiger partial charge in [-0.05, 0) is 59.7 Å². The minimum Gasteiger partial charge on any atom is -0.338 e. The van der Waals surface area contributed by atoms with Crippen molar-refractivity contribution < 1.29 is 4.79 Å². The van der Waals surface area contributed by atoms with Crippen molar-refractivity contribution in [1.82, 2.24) is 4.90 Å². The summed E-state index contributed by atoms with van der Waals surface area (Å²) < 4.78 is 0.960. The number of benzene rings is 1.